The van der Waals surface area contributed by atoms with Crippen molar-refractivity contribution in [2.45, 2.75) is 219 Å². The Balaban J connectivity index is 4.51. The molecule has 0 rings (SSSR count). The van der Waals surface area contributed by atoms with Crippen LogP contribution in [0.2, 0.25) is 0 Å². The van der Waals surface area contributed by atoms with Crippen LogP contribution in [-0.4, -0.2) is 37.2 Å². The molecule has 0 aliphatic rings. The van der Waals surface area contributed by atoms with E-state index in [1.54, 1.807) is 0 Å². The lowest BCUT2D eigenvalue weighted by molar-refractivity contribution is -0.166. The van der Waals surface area contributed by atoms with Gasteiger partial charge in [-0.15, -0.1) is 0 Å². The lowest BCUT2D eigenvalue weighted by Crippen LogP contribution is -2.30. The zero-order valence-corrected chi connectivity index (χ0v) is 40.5. The second-order valence-electron chi connectivity index (χ2n) is 16.3. The Morgan fingerprint density at radius 1 is 0.333 bits per heavy atom. The molecule has 0 spiro atoms. The topological polar surface area (TPSA) is 78.9 Å². The van der Waals surface area contributed by atoms with Gasteiger partial charge in [-0.25, -0.2) is 0 Å². The molecular formula is C57H92O6. The Hall–Kier alpha value is -3.93. The van der Waals surface area contributed by atoms with Gasteiger partial charge in [0, 0.05) is 19.3 Å². The summed E-state index contributed by atoms with van der Waals surface area (Å²) < 4.78 is 16.7. The van der Waals surface area contributed by atoms with E-state index in [0.29, 0.717) is 19.3 Å². The zero-order chi connectivity index (χ0) is 45.8. The first-order valence-electron chi connectivity index (χ1n) is 25.4. The fourth-order valence-corrected chi connectivity index (χ4v) is 6.54. The van der Waals surface area contributed by atoms with E-state index in [9.17, 15) is 14.4 Å². The van der Waals surface area contributed by atoms with Gasteiger partial charge >= 0.3 is 17.9 Å². The second kappa shape index (κ2) is 50.7. The highest BCUT2D eigenvalue weighted by atomic mass is 16.6. The molecule has 0 saturated carbocycles. The molecule has 356 valence electrons. The molecule has 0 radical (unpaired) electrons. The van der Waals surface area contributed by atoms with Gasteiger partial charge in [0.15, 0.2) is 6.10 Å². The molecule has 0 N–H and O–H groups in total. The summed E-state index contributed by atoms with van der Waals surface area (Å²) in [6.45, 7) is 6.31. The summed E-state index contributed by atoms with van der Waals surface area (Å²) in [6.07, 6.45) is 68.0. The van der Waals surface area contributed by atoms with Gasteiger partial charge in [-0.3, -0.25) is 14.4 Å². The quantitative estimate of drug-likeness (QED) is 0.0263. The monoisotopic (exact) mass is 873 g/mol. The van der Waals surface area contributed by atoms with Crippen molar-refractivity contribution >= 4 is 17.9 Å². The minimum Gasteiger partial charge on any atom is -0.462 e. The fraction of sp³-hybridized carbons (Fsp3) is 0.632. The lowest BCUT2D eigenvalue weighted by atomic mass is 10.1. The maximum atomic E-state index is 12.8. The normalized spacial score (nSPS) is 13.0. The average Bonchev–Trinajstić information content (AvgIpc) is 3.28. The molecule has 0 amide bonds. The molecule has 0 aliphatic heterocycles. The van der Waals surface area contributed by atoms with E-state index >= 15 is 0 Å². The Labute approximate surface area is 387 Å². The maximum Gasteiger partial charge on any atom is 0.306 e. The molecule has 6 heteroatoms. The van der Waals surface area contributed by atoms with Crippen LogP contribution in [0, 0.1) is 0 Å². The van der Waals surface area contributed by atoms with Crippen molar-refractivity contribution < 1.29 is 28.6 Å². The van der Waals surface area contributed by atoms with E-state index in [1.165, 1.54) is 51.4 Å². The van der Waals surface area contributed by atoms with Crippen LogP contribution < -0.4 is 0 Å². The van der Waals surface area contributed by atoms with E-state index in [1.807, 2.05) is 12.2 Å². The summed E-state index contributed by atoms with van der Waals surface area (Å²) in [6, 6.07) is 0. The summed E-state index contributed by atoms with van der Waals surface area (Å²) >= 11 is 0. The van der Waals surface area contributed by atoms with Crippen molar-refractivity contribution in [3.8, 4) is 0 Å². The van der Waals surface area contributed by atoms with Gasteiger partial charge in [0.05, 0.1) is 0 Å². The molecule has 0 heterocycles. The smallest absolute Gasteiger partial charge is 0.306 e. The molecular weight excluding hydrogens is 781 g/mol. The van der Waals surface area contributed by atoms with E-state index in [-0.39, 0.29) is 37.5 Å². The average molecular weight is 873 g/mol. The first-order chi connectivity index (χ1) is 31.0. The number of hydrogen-bond donors (Lipinski definition) is 0. The van der Waals surface area contributed by atoms with Crippen LogP contribution in [0.25, 0.3) is 0 Å². The largest absolute Gasteiger partial charge is 0.462 e. The fourth-order valence-electron chi connectivity index (χ4n) is 6.54. The molecule has 0 aromatic rings. The van der Waals surface area contributed by atoms with Crippen molar-refractivity contribution in [3.63, 3.8) is 0 Å². The van der Waals surface area contributed by atoms with Crippen molar-refractivity contribution in [1.82, 2.24) is 0 Å². The number of hydrogen-bond acceptors (Lipinski definition) is 6. The van der Waals surface area contributed by atoms with Crippen LogP contribution in [0.3, 0.4) is 0 Å². The molecule has 0 aliphatic carbocycles. The second-order valence-corrected chi connectivity index (χ2v) is 16.3. The number of ether oxygens (including phenoxy) is 3. The standard InChI is InChI=1S/C57H92O6/c1-4-7-10-13-16-19-22-24-26-27-28-29-31-33-36-38-41-44-47-50-56(59)62-53-54(63-57(60)51-48-45-42-39-34-21-18-15-12-9-6-3)52-61-55(58)49-46-43-40-37-35-32-30-25-23-20-17-14-11-8-5-2/h7-8,10-11,16-17,19-20,24-26,28-30,33,36,41,44,54H,4-6,9,12-15,18,21-23,27,31-32,34-35,37-40,42-43,45-53H2,1-3H3. The number of rotatable bonds is 44. The van der Waals surface area contributed by atoms with Gasteiger partial charge in [0.2, 0.25) is 0 Å². The summed E-state index contributed by atoms with van der Waals surface area (Å²) in [5, 5.41) is 0. The summed E-state index contributed by atoms with van der Waals surface area (Å²) in [7, 11) is 0. The molecule has 0 fully saturated rings. The van der Waals surface area contributed by atoms with Crippen molar-refractivity contribution in [1.29, 1.82) is 0 Å². The third kappa shape index (κ3) is 49.0. The van der Waals surface area contributed by atoms with Crippen LogP contribution in [0.5, 0.6) is 0 Å². The highest BCUT2D eigenvalue weighted by Gasteiger charge is 2.19. The number of unbranched alkanes of at least 4 members (excludes halogenated alkanes) is 15. The Kier molecular flexibility index (Phi) is 47.5. The molecule has 0 bridgehead atoms. The molecule has 63 heavy (non-hydrogen) atoms. The van der Waals surface area contributed by atoms with E-state index in [0.717, 1.165) is 116 Å². The Morgan fingerprint density at radius 2 is 0.651 bits per heavy atom. The first kappa shape index (κ1) is 59.1. The molecule has 6 nitrogen and oxygen atoms in total. The van der Waals surface area contributed by atoms with Crippen LogP contribution in [0.4, 0.5) is 0 Å². The first-order valence-corrected chi connectivity index (χ1v) is 25.4. The third-order valence-corrected chi connectivity index (χ3v) is 10.3. The van der Waals surface area contributed by atoms with Crippen LogP contribution in [-0.2, 0) is 28.6 Å². The molecule has 0 aromatic heterocycles. The zero-order valence-electron chi connectivity index (χ0n) is 40.5. The van der Waals surface area contributed by atoms with Gasteiger partial charge in [-0.05, 0) is 89.9 Å². The minimum atomic E-state index is -0.814. The van der Waals surface area contributed by atoms with Gasteiger partial charge in [0.1, 0.15) is 13.2 Å². The summed E-state index contributed by atoms with van der Waals surface area (Å²) in [5.41, 5.74) is 0. The van der Waals surface area contributed by atoms with Crippen LogP contribution >= 0.6 is 0 Å². The molecule has 1 unspecified atom stereocenters. The highest BCUT2D eigenvalue weighted by molar-refractivity contribution is 5.71. The van der Waals surface area contributed by atoms with Crippen LogP contribution in [0.15, 0.2) is 109 Å². The van der Waals surface area contributed by atoms with Gasteiger partial charge < -0.3 is 14.2 Å². The SMILES string of the molecule is CCC=CCC=CCC=CCC=CCC=CCC=CCCC(=O)OCC(COC(=O)CCCCCCCC=CCC=CCC=CCC)OC(=O)CCCCCCCCCCCCC. The number of allylic oxidation sites excluding steroid dienone is 18. The van der Waals surface area contributed by atoms with Gasteiger partial charge in [-0.1, -0.05) is 214 Å². The lowest BCUT2D eigenvalue weighted by Gasteiger charge is -2.18. The minimum absolute atomic E-state index is 0.111. The van der Waals surface area contributed by atoms with E-state index in [4.69, 9.17) is 14.2 Å². The number of carbonyl (C=O) groups is 3. The highest BCUT2D eigenvalue weighted by Crippen LogP contribution is 2.14. The van der Waals surface area contributed by atoms with E-state index < -0.39 is 6.10 Å². The van der Waals surface area contributed by atoms with Gasteiger partial charge in [0.25, 0.3) is 0 Å². The molecule has 0 aromatic carbocycles. The Bertz CT molecular complexity index is 1330. The summed E-state index contributed by atoms with van der Waals surface area (Å²) in [5.74, 6) is -1.02. The maximum absolute atomic E-state index is 12.8. The number of carbonyl (C=O) groups excluding carboxylic acids is 3. The third-order valence-electron chi connectivity index (χ3n) is 10.3. The van der Waals surface area contributed by atoms with Crippen molar-refractivity contribution in [3.05, 3.63) is 109 Å². The van der Waals surface area contributed by atoms with Crippen molar-refractivity contribution in [2.24, 2.45) is 0 Å². The molecule has 0 saturated heterocycles. The van der Waals surface area contributed by atoms with Gasteiger partial charge in [-0.2, -0.15) is 0 Å². The number of esters is 3. The predicted octanol–water partition coefficient (Wildman–Crippen LogP) is 16.8. The predicted molar refractivity (Wildman–Crippen MR) is 270 cm³/mol. The van der Waals surface area contributed by atoms with Crippen molar-refractivity contribution in [2.75, 3.05) is 13.2 Å². The molecule has 1 atom stereocenters. The summed E-state index contributed by atoms with van der Waals surface area (Å²) in [4.78, 5) is 37.9. The van der Waals surface area contributed by atoms with Crippen LogP contribution in [0.1, 0.15) is 213 Å². The Morgan fingerprint density at radius 3 is 1.06 bits per heavy atom. The van der Waals surface area contributed by atoms with E-state index in [2.05, 4.69) is 118 Å².